The molecule has 6 nitrogen and oxygen atoms in total. The van der Waals surface area contributed by atoms with Gasteiger partial charge in [0.15, 0.2) is 0 Å². The Labute approximate surface area is 146 Å². The summed E-state index contributed by atoms with van der Waals surface area (Å²) >= 11 is 0. The van der Waals surface area contributed by atoms with Crippen molar-refractivity contribution in [2.45, 2.75) is 32.7 Å². The van der Waals surface area contributed by atoms with Crippen LogP contribution in [0.25, 0.3) is 11.4 Å². The van der Waals surface area contributed by atoms with Crippen LogP contribution in [-0.4, -0.2) is 26.1 Å². The molecule has 0 saturated carbocycles. The fourth-order valence-corrected chi connectivity index (χ4v) is 2.42. The lowest BCUT2D eigenvalue weighted by molar-refractivity contribution is -0.116. The Bertz CT molecular complexity index is 825. The molecular weight excluding hydrogens is 314 g/mol. The van der Waals surface area contributed by atoms with Crippen molar-refractivity contribution in [1.82, 2.24) is 20.2 Å². The lowest BCUT2D eigenvalue weighted by atomic mass is 10.0. The van der Waals surface area contributed by atoms with Gasteiger partial charge in [-0.25, -0.2) is 0 Å². The molecule has 0 bridgehead atoms. The zero-order valence-electron chi connectivity index (χ0n) is 14.4. The zero-order chi connectivity index (χ0) is 17.6. The minimum Gasteiger partial charge on any atom is -0.326 e. The molecule has 6 heteroatoms. The smallest absolute Gasteiger partial charge is 0.226 e. The van der Waals surface area contributed by atoms with Crippen LogP contribution in [-0.2, 0) is 11.3 Å². The highest BCUT2D eigenvalue weighted by molar-refractivity contribution is 5.90. The first kappa shape index (κ1) is 16.8. The molecule has 3 aromatic rings. The highest BCUT2D eigenvalue weighted by atomic mass is 16.1. The average molecular weight is 335 g/mol. The Morgan fingerprint density at radius 1 is 1.08 bits per heavy atom. The van der Waals surface area contributed by atoms with Crippen LogP contribution < -0.4 is 5.32 Å². The van der Waals surface area contributed by atoms with Crippen molar-refractivity contribution in [1.29, 1.82) is 0 Å². The molecule has 3 rings (SSSR count). The second-order valence-corrected chi connectivity index (χ2v) is 6.15. The van der Waals surface area contributed by atoms with Gasteiger partial charge < -0.3 is 5.32 Å². The van der Waals surface area contributed by atoms with Crippen LogP contribution in [0.5, 0.6) is 0 Å². The summed E-state index contributed by atoms with van der Waals surface area (Å²) in [6.45, 7) is 4.70. The predicted molar refractivity (Wildman–Crippen MR) is 97.0 cm³/mol. The number of rotatable bonds is 6. The lowest BCUT2D eigenvalue weighted by Crippen LogP contribution is -2.15. The van der Waals surface area contributed by atoms with Crippen LogP contribution in [0.2, 0.25) is 0 Å². The number of benzene rings is 2. The van der Waals surface area contributed by atoms with Crippen molar-refractivity contribution in [3.8, 4) is 11.4 Å². The van der Waals surface area contributed by atoms with E-state index in [2.05, 4.69) is 46.7 Å². The van der Waals surface area contributed by atoms with Crippen molar-refractivity contribution >= 4 is 11.6 Å². The van der Waals surface area contributed by atoms with Crippen molar-refractivity contribution in [3.05, 3.63) is 60.2 Å². The summed E-state index contributed by atoms with van der Waals surface area (Å²) in [5, 5.41) is 15.3. The third kappa shape index (κ3) is 4.50. The predicted octanol–water partition coefficient (Wildman–Crippen LogP) is 3.49. The SMILES string of the molecule is CC(C)c1ccc(-c2nnn(CCC(=O)Nc3ccccc3)n2)cc1. The van der Waals surface area contributed by atoms with Gasteiger partial charge in [-0.15, -0.1) is 10.2 Å². The van der Waals surface area contributed by atoms with Crippen LogP contribution in [0.4, 0.5) is 5.69 Å². The third-order valence-electron chi connectivity index (χ3n) is 3.88. The quantitative estimate of drug-likeness (QED) is 0.748. The Morgan fingerprint density at radius 2 is 1.80 bits per heavy atom. The summed E-state index contributed by atoms with van der Waals surface area (Å²) in [7, 11) is 0. The fourth-order valence-electron chi connectivity index (χ4n) is 2.42. The zero-order valence-corrected chi connectivity index (χ0v) is 14.4. The van der Waals surface area contributed by atoms with Crippen LogP contribution in [0.1, 0.15) is 31.7 Å². The maximum Gasteiger partial charge on any atom is 0.226 e. The molecule has 0 aliphatic heterocycles. The van der Waals surface area contributed by atoms with Crippen molar-refractivity contribution in [2.75, 3.05) is 5.32 Å². The molecule has 0 saturated heterocycles. The largest absolute Gasteiger partial charge is 0.326 e. The molecule has 25 heavy (non-hydrogen) atoms. The number of amides is 1. The third-order valence-corrected chi connectivity index (χ3v) is 3.88. The van der Waals surface area contributed by atoms with E-state index in [1.165, 1.54) is 10.4 Å². The van der Waals surface area contributed by atoms with Gasteiger partial charge in [0.25, 0.3) is 0 Å². The number of nitrogens with zero attached hydrogens (tertiary/aromatic N) is 4. The van der Waals surface area contributed by atoms with Gasteiger partial charge in [0.2, 0.25) is 11.7 Å². The van der Waals surface area contributed by atoms with Crippen molar-refractivity contribution in [2.24, 2.45) is 0 Å². The first-order valence-corrected chi connectivity index (χ1v) is 8.35. The molecule has 0 fully saturated rings. The van der Waals surface area contributed by atoms with E-state index in [1.807, 2.05) is 42.5 Å². The molecule has 0 unspecified atom stereocenters. The Balaban J connectivity index is 1.57. The Hall–Kier alpha value is -3.02. The van der Waals surface area contributed by atoms with Gasteiger partial charge in [-0.05, 0) is 28.8 Å². The highest BCUT2D eigenvalue weighted by Gasteiger charge is 2.09. The average Bonchev–Trinajstić information content (AvgIpc) is 3.10. The number of para-hydroxylation sites is 1. The Morgan fingerprint density at radius 3 is 2.48 bits per heavy atom. The highest BCUT2D eigenvalue weighted by Crippen LogP contribution is 2.19. The molecule has 0 radical (unpaired) electrons. The number of aromatic nitrogens is 4. The van der Waals surface area contributed by atoms with E-state index in [1.54, 1.807) is 0 Å². The molecule has 1 heterocycles. The second-order valence-electron chi connectivity index (χ2n) is 6.15. The number of carbonyl (C=O) groups excluding carboxylic acids is 1. The van der Waals surface area contributed by atoms with Crippen LogP contribution in [0.3, 0.4) is 0 Å². The topological polar surface area (TPSA) is 72.7 Å². The molecule has 0 spiro atoms. The molecule has 0 aliphatic carbocycles. The van der Waals surface area contributed by atoms with Crippen LogP contribution >= 0.6 is 0 Å². The number of carbonyl (C=O) groups is 1. The summed E-state index contributed by atoms with van der Waals surface area (Å²) in [5.41, 5.74) is 2.98. The number of hydrogen-bond donors (Lipinski definition) is 1. The van der Waals surface area contributed by atoms with Crippen molar-refractivity contribution < 1.29 is 4.79 Å². The second kappa shape index (κ2) is 7.70. The van der Waals surface area contributed by atoms with Crippen LogP contribution in [0, 0.1) is 0 Å². The monoisotopic (exact) mass is 335 g/mol. The summed E-state index contributed by atoms with van der Waals surface area (Å²) in [4.78, 5) is 13.4. The van der Waals surface area contributed by atoms with E-state index in [0.717, 1.165) is 11.3 Å². The molecule has 1 amide bonds. The number of nitrogens with one attached hydrogen (secondary N) is 1. The molecule has 2 aromatic carbocycles. The normalized spacial score (nSPS) is 10.8. The molecule has 128 valence electrons. The van der Waals surface area contributed by atoms with E-state index in [0.29, 0.717) is 18.3 Å². The Kier molecular flexibility index (Phi) is 5.18. The first-order valence-electron chi connectivity index (χ1n) is 8.35. The van der Waals surface area contributed by atoms with Gasteiger partial charge in [0, 0.05) is 17.7 Å². The minimum atomic E-state index is -0.0775. The number of anilines is 1. The standard InChI is InChI=1S/C19H21N5O/c1-14(2)15-8-10-16(11-9-15)19-21-23-24(22-19)13-12-18(25)20-17-6-4-3-5-7-17/h3-11,14H,12-13H2,1-2H3,(H,20,25). The summed E-state index contributed by atoms with van der Waals surface area (Å²) in [6, 6.07) is 17.5. The van der Waals surface area contributed by atoms with Gasteiger partial charge in [0.05, 0.1) is 6.54 Å². The molecule has 1 aromatic heterocycles. The summed E-state index contributed by atoms with van der Waals surface area (Å²) in [5.74, 6) is 0.978. The van der Waals surface area contributed by atoms with E-state index in [4.69, 9.17) is 0 Å². The van der Waals surface area contributed by atoms with E-state index < -0.39 is 0 Å². The van der Waals surface area contributed by atoms with Gasteiger partial charge in [-0.3, -0.25) is 4.79 Å². The summed E-state index contributed by atoms with van der Waals surface area (Å²) < 4.78 is 0. The number of hydrogen-bond acceptors (Lipinski definition) is 4. The van der Waals surface area contributed by atoms with Gasteiger partial charge in [-0.2, -0.15) is 4.80 Å². The molecule has 1 N–H and O–H groups in total. The molecule has 0 aliphatic rings. The van der Waals surface area contributed by atoms with Gasteiger partial charge in [-0.1, -0.05) is 56.3 Å². The van der Waals surface area contributed by atoms with Crippen LogP contribution in [0.15, 0.2) is 54.6 Å². The maximum atomic E-state index is 12.0. The summed E-state index contributed by atoms with van der Waals surface area (Å²) in [6.07, 6.45) is 0.289. The lowest BCUT2D eigenvalue weighted by Gasteiger charge is -2.05. The van der Waals surface area contributed by atoms with Crippen molar-refractivity contribution in [3.63, 3.8) is 0 Å². The van der Waals surface area contributed by atoms with Gasteiger partial charge >= 0.3 is 0 Å². The number of tetrazole rings is 1. The molecular formula is C19H21N5O. The maximum absolute atomic E-state index is 12.0. The fraction of sp³-hybridized carbons (Fsp3) is 0.263. The molecule has 0 atom stereocenters. The van der Waals surface area contributed by atoms with E-state index >= 15 is 0 Å². The minimum absolute atomic E-state index is 0.0775. The first-order chi connectivity index (χ1) is 12.1. The van der Waals surface area contributed by atoms with Gasteiger partial charge in [0.1, 0.15) is 0 Å². The van der Waals surface area contributed by atoms with E-state index in [9.17, 15) is 4.79 Å². The number of aryl methyl sites for hydroxylation is 1. The van der Waals surface area contributed by atoms with E-state index in [-0.39, 0.29) is 12.3 Å².